The van der Waals surface area contributed by atoms with E-state index < -0.39 is 0 Å². The van der Waals surface area contributed by atoms with Crippen molar-refractivity contribution < 1.29 is 9.59 Å². The van der Waals surface area contributed by atoms with Gasteiger partial charge < -0.3 is 15.1 Å². The molecule has 2 aliphatic rings. The van der Waals surface area contributed by atoms with Crippen LogP contribution in [-0.4, -0.2) is 64.8 Å². The minimum absolute atomic E-state index is 0.106. The maximum absolute atomic E-state index is 12.6. The second kappa shape index (κ2) is 8.60. The molecule has 0 atom stereocenters. The van der Waals surface area contributed by atoms with Gasteiger partial charge >= 0.3 is 0 Å². The molecule has 0 unspecified atom stereocenters. The zero-order chi connectivity index (χ0) is 17.5. The molecule has 1 saturated heterocycles. The molecule has 0 saturated carbocycles. The third-order valence-corrected chi connectivity index (χ3v) is 4.74. The Balaban J connectivity index is 1.53. The molecule has 0 bridgehead atoms. The van der Waals surface area contributed by atoms with Gasteiger partial charge in [0.25, 0.3) is 5.91 Å². The number of amides is 2. The Morgan fingerprint density at radius 2 is 2.08 bits per heavy atom. The van der Waals surface area contributed by atoms with Crippen LogP contribution < -0.4 is 5.32 Å². The van der Waals surface area contributed by atoms with Gasteiger partial charge in [-0.05, 0) is 38.2 Å². The minimum Gasteiger partial charge on any atom is -0.354 e. The summed E-state index contributed by atoms with van der Waals surface area (Å²) in [6.07, 6.45) is 10.7. The highest BCUT2D eigenvalue weighted by atomic mass is 16.2. The molecule has 1 fully saturated rings. The zero-order valence-electron chi connectivity index (χ0n) is 14.5. The molecule has 1 aromatic heterocycles. The first-order chi connectivity index (χ1) is 12.3. The van der Waals surface area contributed by atoms with Gasteiger partial charge in [0.2, 0.25) is 12.4 Å². The smallest absolute Gasteiger partial charge is 0.272 e. The lowest BCUT2D eigenvalue weighted by Crippen LogP contribution is -2.48. The minimum atomic E-state index is -0.106. The number of nitrogens with one attached hydrogen (secondary N) is 1. The molecule has 0 radical (unpaired) electrons. The number of aromatic nitrogens is 2. The lowest BCUT2D eigenvalue weighted by atomic mass is 9.97. The Morgan fingerprint density at radius 1 is 1.24 bits per heavy atom. The number of carbonyl (C=O) groups excluding carboxylic acids is 2. The molecule has 1 aromatic rings. The van der Waals surface area contributed by atoms with Gasteiger partial charge in [-0.15, -0.1) is 0 Å². The van der Waals surface area contributed by atoms with E-state index in [-0.39, 0.29) is 5.91 Å². The number of hydrogen-bond acceptors (Lipinski definition) is 5. The molecule has 2 heterocycles. The normalized spacial score (nSPS) is 17.8. The molecular weight excluding hydrogens is 318 g/mol. The second-order valence-electron chi connectivity index (χ2n) is 6.48. The number of allylic oxidation sites excluding steroid dienone is 1. The summed E-state index contributed by atoms with van der Waals surface area (Å²) in [6, 6.07) is 1.64. The predicted molar refractivity (Wildman–Crippen MR) is 95.2 cm³/mol. The summed E-state index contributed by atoms with van der Waals surface area (Å²) in [4.78, 5) is 35.3. The van der Waals surface area contributed by atoms with Crippen molar-refractivity contribution in [1.29, 1.82) is 0 Å². The molecule has 25 heavy (non-hydrogen) atoms. The fraction of sp³-hybridized carbons (Fsp3) is 0.556. The van der Waals surface area contributed by atoms with Crippen molar-refractivity contribution in [3.8, 4) is 0 Å². The number of carbonyl (C=O) groups is 2. The first-order valence-electron chi connectivity index (χ1n) is 9.00. The van der Waals surface area contributed by atoms with Crippen molar-refractivity contribution in [1.82, 2.24) is 19.8 Å². The summed E-state index contributed by atoms with van der Waals surface area (Å²) in [5.74, 6) is 0.389. The Kier molecular flexibility index (Phi) is 5.98. The molecule has 1 aliphatic heterocycles. The summed E-state index contributed by atoms with van der Waals surface area (Å²) in [5.41, 5.74) is 1.90. The Hall–Kier alpha value is -2.44. The summed E-state index contributed by atoms with van der Waals surface area (Å²) in [5, 5.41) is 3.22. The van der Waals surface area contributed by atoms with Crippen LogP contribution in [0, 0.1) is 0 Å². The monoisotopic (exact) mass is 343 g/mol. The largest absolute Gasteiger partial charge is 0.354 e. The lowest BCUT2D eigenvalue weighted by Gasteiger charge is -2.32. The average Bonchev–Trinajstić information content (AvgIpc) is 2.68. The molecular formula is C18H25N5O2. The highest BCUT2D eigenvalue weighted by Crippen LogP contribution is 2.19. The van der Waals surface area contributed by atoms with Gasteiger partial charge in [-0.25, -0.2) is 9.97 Å². The van der Waals surface area contributed by atoms with E-state index in [2.05, 4.69) is 21.4 Å². The third-order valence-electron chi connectivity index (χ3n) is 4.74. The number of anilines is 1. The summed E-state index contributed by atoms with van der Waals surface area (Å²) >= 11 is 0. The molecule has 3 rings (SSSR count). The van der Waals surface area contributed by atoms with E-state index in [0.717, 1.165) is 19.4 Å². The van der Waals surface area contributed by atoms with Gasteiger partial charge in [0, 0.05) is 38.9 Å². The standard InChI is InChI=1S/C18H25N5O2/c24-14-22-10-12-23(13-11-22)17(25)16-7-9-20-18(21-16)19-8-6-15-4-2-1-3-5-15/h4,7,9,14H,1-3,5-6,8,10-13H2,(H,19,20,21). The van der Waals surface area contributed by atoms with Crippen LogP contribution in [0.2, 0.25) is 0 Å². The summed E-state index contributed by atoms with van der Waals surface area (Å²) < 4.78 is 0. The van der Waals surface area contributed by atoms with Crippen LogP contribution in [0.3, 0.4) is 0 Å². The Bertz CT molecular complexity index is 638. The molecule has 7 nitrogen and oxygen atoms in total. The Morgan fingerprint density at radius 3 is 2.80 bits per heavy atom. The lowest BCUT2D eigenvalue weighted by molar-refractivity contribution is -0.119. The Labute approximate surface area is 148 Å². The van der Waals surface area contributed by atoms with E-state index in [9.17, 15) is 9.59 Å². The molecule has 1 N–H and O–H groups in total. The highest BCUT2D eigenvalue weighted by molar-refractivity contribution is 5.92. The van der Waals surface area contributed by atoms with Crippen LogP contribution in [-0.2, 0) is 4.79 Å². The predicted octanol–water partition coefficient (Wildman–Crippen LogP) is 1.69. The van der Waals surface area contributed by atoms with Crippen molar-refractivity contribution in [2.45, 2.75) is 32.1 Å². The second-order valence-corrected chi connectivity index (χ2v) is 6.48. The van der Waals surface area contributed by atoms with E-state index in [4.69, 9.17) is 0 Å². The molecule has 1 aliphatic carbocycles. The van der Waals surface area contributed by atoms with E-state index in [0.29, 0.717) is 37.8 Å². The molecule has 0 spiro atoms. The first kappa shape index (κ1) is 17.4. The van der Waals surface area contributed by atoms with Crippen LogP contribution in [0.1, 0.15) is 42.6 Å². The van der Waals surface area contributed by atoms with Gasteiger partial charge in [0.15, 0.2) is 0 Å². The quantitative estimate of drug-likeness (QED) is 0.628. The van der Waals surface area contributed by atoms with Gasteiger partial charge in [-0.1, -0.05) is 11.6 Å². The van der Waals surface area contributed by atoms with Crippen molar-refractivity contribution >= 4 is 18.3 Å². The number of rotatable bonds is 6. The van der Waals surface area contributed by atoms with Crippen LogP contribution in [0.4, 0.5) is 5.95 Å². The van der Waals surface area contributed by atoms with Crippen molar-refractivity contribution in [2.24, 2.45) is 0 Å². The molecule has 7 heteroatoms. The van der Waals surface area contributed by atoms with Crippen molar-refractivity contribution in [2.75, 3.05) is 38.0 Å². The number of piperazine rings is 1. The van der Waals surface area contributed by atoms with Crippen LogP contribution in [0.5, 0.6) is 0 Å². The topological polar surface area (TPSA) is 78.4 Å². The van der Waals surface area contributed by atoms with E-state index in [1.54, 1.807) is 22.1 Å². The maximum atomic E-state index is 12.6. The number of nitrogens with zero attached hydrogens (tertiary/aromatic N) is 4. The third kappa shape index (κ3) is 4.78. The fourth-order valence-corrected chi connectivity index (χ4v) is 3.22. The molecule has 2 amide bonds. The highest BCUT2D eigenvalue weighted by Gasteiger charge is 2.22. The summed E-state index contributed by atoms with van der Waals surface area (Å²) in [7, 11) is 0. The van der Waals surface area contributed by atoms with Gasteiger partial charge in [-0.3, -0.25) is 9.59 Å². The van der Waals surface area contributed by atoms with Crippen LogP contribution in [0.25, 0.3) is 0 Å². The van der Waals surface area contributed by atoms with Gasteiger partial charge in [0.05, 0.1) is 0 Å². The van der Waals surface area contributed by atoms with Gasteiger partial charge in [-0.2, -0.15) is 0 Å². The zero-order valence-corrected chi connectivity index (χ0v) is 14.5. The van der Waals surface area contributed by atoms with Crippen LogP contribution >= 0.6 is 0 Å². The van der Waals surface area contributed by atoms with E-state index in [1.807, 2.05) is 0 Å². The fourth-order valence-electron chi connectivity index (χ4n) is 3.22. The SMILES string of the molecule is O=CN1CCN(C(=O)c2ccnc(NCCC3=CCCCC3)n2)CC1. The number of hydrogen-bond donors (Lipinski definition) is 1. The summed E-state index contributed by atoms with van der Waals surface area (Å²) in [6.45, 7) is 3.00. The average molecular weight is 343 g/mol. The van der Waals surface area contributed by atoms with Crippen LogP contribution in [0.15, 0.2) is 23.9 Å². The first-order valence-corrected chi connectivity index (χ1v) is 9.00. The van der Waals surface area contributed by atoms with Crippen molar-refractivity contribution in [3.05, 3.63) is 29.6 Å². The maximum Gasteiger partial charge on any atom is 0.272 e. The molecule has 134 valence electrons. The van der Waals surface area contributed by atoms with Gasteiger partial charge in [0.1, 0.15) is 5.69 Å². The van der Waals surface area contributed by atoms with Crippen molar-refractivity contribution in [3.63, 3.8) is 0 Å². The molecule has 0 aromatic carbocycles. The van der Waals surface area contributed by atoms with E-state index in [1.165, 1.54) is 31.3 Å². The van der Waals surface area contributed by atoms with E-state index >= 15 is 0 Å².